The number of primary amides is 2. The first-order valence-electron chi connectivity index (χ1n) is 6.12. The van der Waals surface area contributed by atoms with Gasteiger partial charge in [-0.1, -0.05) is 0 Å². The lowest BCUT2D eigenvalue weighted by Gasteiger charge is -2.31. The molecule has 2 amide bonds. The molecule has 0 aliphatic carbocycles. The molecule has 0 aromatic heterocycles. The number of nitrogens with zero attached hydrogens (tertiary/aromatic N) is 2. The summed E-state index contributed by atoms with van der Waals surface area (Å²) >= 11 is 0. The van der Waals surface area contributed by atoms with E-state index < -0.39 is 17.8 Å². The van der Waals surface area contributed by atoms with Gasteiger partial charge in [0, 0.05) is 19.1 Å². The molecule has 0 saturated heterocycles. The van der Waals surface area contributed by atoms with Crippen LogP contribution in [0.1, 0.15) is 6.92 Å². The summed E-state index contributed by atoms with van der Waals surface area (Å²) in [7, 11) is 0. The first kappa shape index (κ1) is 18.3. The number of carbonyl (C=O) groups excluding carboxylic acids is 2. The van der Waals surface area contributed by atoms with Crippen LogP contribution in [0.25, 0.3) is 0 Å². The number of aliphatic hydroxyl groups excluding tert-OH is 1. The van der Waals surface area contributed by atoms with E-state index in [0.29, 0.717) is 0 Å². The number of amides is 2. The second kappa shape index (κ2) is 9.23. The van der Waals surface area contributed by atoms with E-state index in [0.717, 1.165) is 0 Å². The van der Waals surface area contributed by atoms with Gasteiger partial charge in [-0.05, 0) is 6.92 Å². The fraction of sp³-hybridized carbons (Fsp3) is 0.727. The second-order valence-electron chi connectivity index (χ2n) is 4.54. The molecule has 9 nitrogen and oxygen atoms in total. The number of rotatable bonds is 11. The summed E-state index contributed by atoms with van der Waals surface area (Å²) in [5, 5.41) is 17.7. The van der Waals surface area contributed by atoms with E-state index in [9.17, 15) is 14.4 Å². The van der Waals surface area contributed by atoms with Crippen LogP contribution in [0.4, 0.5) is 0 Å². The lowest BCUT2D eigenvalue weighted by molar-refractivity contribution is -0.139. The number of hydrogen-bond donors (Lipinski definition) is 4. The normalized spacial score (nSPS) is 12.6. The van der Waals surface area contributed by atoms with Gasteiger partial charge in [0.2, 0.25) is 11.8 Å². The highest BCUT2D eigenvalue weighted by Gasteiger charge is 2.21. The van der Waals surface area contributed by atoms with Gasteiger partial charge in [0.05, 0.1) is 26.2 Å². The van der Waals surface area contributed by atoms with Gasteiger partial charge in [0.1, 0.15) is 0 Å². The average Bonchev–Trinajstić information content (AvgIpc) is 2.26. The Labute approximate surface area is 117 Å². The van der Waals surface area contributed by atoms with Crippen molar-refractivity contribution in [1.29, 1.82) is 0 Å². The Hall–Kier alpha value is -1.71. The third-order valence-corrected chi connectivity index (χ3v) is 2.64. The lowest BCUT2D eigenvalue weighted by atomic mass is 10.2. The van der Waals surface area contributed by atoms with Gasteiger partial charge in [0.25, 0.3) is 0 Å². The van der Waals surface area contributed by atoms with Gasteiger partial charge in [0.15, 0.2) is 0 Å². The molecule has 0 aromatic rings. The predicted octanol–water partition coefficient (Wildman–Crippen LogP) is -2.97. The highest BCUT2D eigenvalue weighted by molar-refractivity contribution is 5.77. The second-order valence-corrected chi connectivity index (χ2v) is 4.54. The Morgan fingerprint density at radius 3 is 2.05 bits per heavy atom. The fourth-order valence-corrected chi connectivity index (χ4v) is 1.83. The maximum atomic E-state index is 10.9. The summed E-state index contributed by atoms with van der Waals surface area (Å²) in [5.74, 6) is -2.27. The lowest BCUT2D eigenvalue weighted by Crippen LogP contribution is -2.49. The number of hydrogen-bond acceptors (Lipinski definition) is 6. The Morgan fingerprint density at radius 2 is 1.65 bits per heavy atom. The summed E-state index contributed by atoms with van der Waals surface area (Å²) in [6, 6.07) is -0.343. The zero-order valence-corrected chi connectivity index (χ0v) is 11.5. The number of aliphatic carboxylic acids is 1. The first-order chi connectivity index (χ1) is 9.26. The van der Waals surface area contributed by atoms with Crippen molar-refractivity contribution in [2.75, 3.05) is 39.3 Å². The van der Waals surface area contributed by atoms with E-state index in [1.165, 1.54) is 4.90 Å². The van der Waals surface area contributed by atoms with E-state index in [1.807, 2.05) is 0 Å². The van der Waals surface area contributed by atoms with E-state index in [2.05, 4.69) is 0 Å². The van der Waals surface area contributed by atoms with Gasteiger partial charge in [-0.2, -0.15) is 0 Å². The summed E-state index contributed by atoms with van der Waals surface area (Å²) < 4.78 is 0. The minimum absolute atomic E-state index is 0.0532. The predicted molar refractivity (Wildman–Crippen MR) is 70.6 cm³/mol. The van der Waals surface area contributed by atoms with Crippen molar-refractivity contribution in [3.05, 3.63) is 0 Å². The minimum Gasteiger partial charge on any atom is -0.480 e. The molecule has 0 rings (SSSR count). The zero-order valence-electron chi connectivity index (χ0n) is 11.5. The van der Waals surface area contributed by atoms with Crippen molar-refractivity contribution in [3.8, 4) is 0 Å². The molecule has 0 unspecified atom stereocenters. The molecule has 0 radical (unpaired) electrons. The van der Waals surface area contributed by atoms with Crippen LogP contribution in [-0.4, -0.2) is 83.2 Å². The molecule has 0 spiro atoms. The third kappa shape index (κ3) is 8.40. The molecule has 6 N–H and O–H groups in total. The molecule has 116 valence electrons. The summed E-state index contributed by atoms with van der Waals surface area (Å²) in [6.45, 7) is 1.47. The Balaban J connectivity index is 4.66. The van der Waals surface area contributed by atoms with E-state index in [4.69, 9.17) is 21.7 Å². The number of carboxylic acids is 1. The van der Waals surface area contributed by atoms with E-state index in [1.54, 1.807) is 11.8 Å². The highest BCUT2D eigenvalue weighted by atomic mass is 16.4. The van der Waals surface area contributed by atoms with Crippen LogP contribution in [0.5, 0.6) is 0 Å². The van der Waals surface area contributed by atoms with Crippen molar-refractivity contribution in [3.63, 3.8) is 0 Å². The molecular weight excluding hydrogens is 268 g/mol. The quantitative estimate of drug-likeness (QED) is 0.317. The molecular formula is C11H22N4O5. The van der Waals surface area contributed by atoms with E-state index >= 15 is 0 Å². The molecule has 1 atom stereocenters. The highest BCUT2D eigenvalue weighted by Crippen LogP contribution is 2.02. The summed E-state index contributed by atoms with van der Waals surface area (Å²) in [6.07, 6.45) is 0. The van der Waals surface area contributed by atoms with Gasteiger partial charge >= 0.3 is 5.97 Å². The largest absolute Gasteiger partial charge is 0.480 e. The van der Waals surface area contributed by atoms with Crippen LogP contribution in [0.15, 0.2) is 0 Å². The van der Waals surface area contributed by atoms with Crippen LogP contribution in [0, 0.1) is 0 Å². The van der Waals surface area contributed by atoms with Crippen molar-refractivity contribution in [1.82, 2.24) is 9.80 Å². The molecule has 0 aliphatic heterocycles. The smallest absolute Gasteiger partial charge is 0.317 e. The topological polar surface area (TPSA) is 150 Å². The van der Waals surface area contributed by atoms with Gasteiger partial charge < -0.3 is 21.7 Å². The number of nitrogens with two attached hydrogens (primary N) is 2. The number of carboxylic acid groups (broad SMARTS) is 1. The first-order valence-corrected chi connectivity index (χ1v) is 6.12. The monoisotopic (exact) mass is 290 g/mol. The average molecular weight is 290 g/mol. The molecule has 0 saturated carbocycles. The molecule has 0 fully saturated rings. The standard InChI is InChI=1S/C11H22N4O5/c1-8(4-14(2-3-16)5-9(12)17)15(6-10(13)18)7-11(19)20/h8,16H,2-7H2,1H3,(H2,12,17)(H2,13,18)(H,19,20)/t8-/m1/s1. The summed E-state index contributed by atoms with van der Waals surface area (Å²) in [4.78, 5) is 35.6. The Kier molecular flexibility index (Phi) is 8.45. The third-order valence-electron chi connectivity index (χ3n) is 2.64. The molecule has 0 aliphatic rings. The van der Waals surface area contributed by atoms with Crippen molar-refractivity contribution < 1.29 is 24.6 Å². The molecule has 0 heterocycles. The molecule has 20 heavy (non-hydrogen) atoms. The Bertz CT molecular complexity index is 334. The Morgan fingerprint density at radius 1 is 1.10 bits per heavy atom. The van der Waals surface area contributed by atoms with Crippen LogP contribution in [-0.2, 0) is 14.4 Å². The maximum absolute atomic E-state index is 10.9. The molecule has 0 aromatic carbocycles. The van der Waals surface area contributed by atoms with Gasteiger partial charge in [-0.15, -0.1) is 0 Å². The fourth-order valence-electron chi connectivity index (χ4n) is 1.83. The minimum atomic E-state index is -1.08. The van der Waals surface area contributed by atoms with Crippen LogP contribution in [0.2, 0.25) is 0 Å². The van der Waals surface area contributed by atoms with Crippen LogP contribution in [0.3, 0.4) is 0 Å². The van der Waals surface area contributed by atoms with Crippen molar-refractivity contribution >= 4 is 17.8 Å². The molecule has 0 bridgehead atoms. The zero-order chi connectivity index (χ0) is 15.7. The van der Waals surface area contributed by atoms with E-state index in [-0.39, 0.29) is 45.4 Å². The van der Waals surface area contributed by atoms with Crippen molar-refractivity contribution in [2.45, 2.75) is 13.0 Å². The molecule has 9 heteroatoms. The maximum Gasteiger partial charge on any atom is 0.317 e. The number of carbonyl (C=O) groups is 3. The van der Waals surface area contributed by atoms with Crippen molar-refractivity contribution in [2.24, 2.45) is 11.5 Å². The number of aliphatic hydroxyl groups is 1. The van der Waals surface area contributed by atoms with Crippen LogP contribution >= 0.6 is 0 Å². The van der Waals surface area contributed by atoms with Crippen LogP contribution < -0.4 is 11.5 Å². The van der Waals surface area contributed by atoms with Gasteiger partial charge in [-0.25, -0.2) is 0 Å². The SMILES string of the molecule is C[C@H](CN(CCO)CC(N)=O)N(CC(N)=O)CC(=O)O. The summed E-state index contributed by atoms with van der Waals surface area (Å²) in [5.41, 5.74) is 10.2. The van der Waals surface area contributed by atoms with Gasteiger partial charge in [-0.3, -0.25) is 24.2 Å².